The third kappa shape index (κ3) is 2.59. The van der Waals surface area contributed by atoms with E-state index in [2.05, 4.69) is 11.5 Å². The molecule has 0 aromatic heterocycles. The third-order valence-corrected chi connectivity index (χ3v) is 4.65. The molecule has 2 atom stereocenters. The van der Waals surface area contributed by atoms with Crippen molar-refractivity contribution >= 4 is 17.0 Å². The van der Waals surface area contributed by atoms with Gasteiger partial charge >= 0.3 is 0 Å². The quantitative estimate of drug-likeness (QED) is 0.642. The maximum atomic E-state index is 10.0. The van der Waals surface area contributed by atoms with Gasteiger partial charge in [0.15, 0.2) is 11.5 Å². The fourth-order valence-electron chi connectivity index (χ4n) is 3.71. The molecule has 0 radical (unpaired) electrons. The Morgan fingerprint density at radius 1 is 1.30 bits per heavy atom. The van der Waals surface area contributed by atoms with Gasteiger partial charge in [0.05, 0.1) is 0 Å². The van der Waals surface area contributed by atoms with Gasteiger partial charge in [-0.05, 0) is 49.8 Å². The second-order valence-corrected chi connectivity index (χ2v) is 5.73. The zero-order chi connectivity index (χ0) is 13.4. The van der Waals surface area contributed by atoms with Crippen LogP contribution in [0.3, 0.4) is 0 Å². The van der Waals surface area contributed by atoms with Crippen LogP contribution in [0.5, 0.6) is 11.5 Å². The highest BCUT2D eigenvalue weighted by atomic mass is 79.9. The molecule has 3 rings (SSSR count). The molecule has 1 aliphatic carbocycles. The van der Waals surface area contributed by atoms with E-state index in [1.165, 1.54) is 18.4 Å². The molecule has 0 bridgehead atoms. The van der Waals surface area contributed by atoms with Gasteiger partial charge in [0, 0.05) is 18.2 Å². The molecule has 0 spiro atoms. The fraction of sp³-hybridized carbons (Fsp3) is 0.500. The molecule has 1 heterocycles. The molecule has 2 aliphatic rings. The highest BCUT2D eigenvalue weighted by molar-refractivity contribution is 8.93. The Hall–Kier alpha value is -1.00. The molecule has 1 aromatic carbocycles. The third-order valence-electron chi connectivity index (χ3n) is 4.65. The van der Waals surface area contributed by atoms with Crippen LogP contribution < -0.4 is 0 Å². The van der Waals surface area contributed by atoms with Gasteiger partial charge in [0.1, 0.15) is 0 Å². The predicted octanol–water partition coefficient (Wildman–Crippen LogP) is 3.04. The first-order chi connectivity index (χ1) is 9.20. The first-order valence-corrected chi connectivity index (χ1v) is 7.08. The van der Waals surface area contributed by atoms with Crippen LogP contribution in [0, 0.1) is 5.92 Å². The van der Waals surface area contributed by atoms with Crippen LogP contribution in [0.15, 0.2) is 24.8 Å². The van der Waals surface area contributed by atoms with Gasteiger partial charge in [-0.15, -0.1) is 23.6 Å². The van der Waals surface area contributed by atoms with Crippen molar-refractivity contribution < 1.29 is 10.2 Å². The summed E-state index contributed by atoms with van der Waals surface area (Å²) in [4.78, 5) is 2.51. The van der Waals surface area contributed by atoms with Crippen LogP contribution in [0.25, 0.3) is 0 Å². The van der Waals surface area contributed by atoms with Gasteiger partial charge in [-0.1, -0.05) is 12.1 Å². The number of likely N-dealkylation sites (tertiary alicyclic amines) is 1. The number of piperidine rings is 1. The lowest BCUT2D eigenvalue weighted by atomic mass is 9.75. The molecule has 110 valence electrons. The maximum absolute atomic E-state index is 10.0. The van der Waals surface area contributed by atoms with E-state index in [0.717, 1.165) is 31.5 Å². The summed E-state index contributed by atoms with van der Waals surface area (Å²) >= 11 is 0. The van der Waals surface area contributed by atoms with Crippen LogP contribution in [-0.4, -0.2) is 34.2 Å². The van der Waals surface area contributed by atoms with Gasteiger partial charge in [-0.2, -0.15) is 0 Å². The molecule has 20 heavy (non-hydrogen) atoms. The molecule has 4 heteroatoms. The largest absolute Gasteiger partial charge is 0.504 e. The van der Waals surface area contributed by atoms with Crippen molar-refractivity contribution in [2.24, 2.45) is 5.92 Å². The van der Waals surface area contributed by atoms with E-state index in [1.54, 1.807) is 6.07 Å². The van der Waals surface area contributed by atoms with Crippen LogP contribution >= 0.6 is 17.0 Å². The van der Waals surface area contributed by atoms with E-state index in [0.29, 0.717) is 12.0 Å². The van der Waals surface area contributed by atoms with Gasteiger partial charge < -0.3 is 10.2 Å². The second-order valence-electron chi connectivity index (χ2n) is 5.73. The average Bonchev–Trinajstić information content (AvgIpc) is 2.42. The molecule has 0 amide bonds. The Kier molecular flexibility index (Phi) is 4.76. The van der Waals surface area contributed by atoms with Crippen LogP contribution in [-0.2, 0) is 12.8 Å². The van der Waals surface area contributed by atoms with Crippen molar-refractivity contribution in [3.8, 4) is 11.5 Å². The summed E-state index contributed by atoms with van der Waals surface area (Å²) < 4.78 is 0. The lowest BCUT2D eigenvalue weighted by Gasteiger charge is -2.44. The van der Waals surface area contributed by atoms with Gasteiger partial charge in [-0.25, -0.2) is 0 Å². The lowest BCUT2D eigenvalue weighted by Crippen LogP contribution is -2.49. The predicted molar refractivity (Wildman–Crippen MR) is 85.8 cm³/mol. The molecule has 1 fully saturated rings. The van der Waals surface area contributed by atoms with E-state index >= 15 is 0 Å². The number of aromatic hydroxyl groups is 2. The lowest BCUT2D eigenvalue weighted by molar-refractivity contribution is 0.0965. The number of fused-ring (bicyclic) bond motifs is 2. The van der Waals surface area contributed by atoms with Crippen molar-refractivity contribution in [2.45, 2.75) is 31.7 Å². The standard InChI is InChI=1S/C16H21NO2.BrH/c1-2-7-17-8-3-4-12-9-13-11(10-14(12)17)5-6-15(18)16(13)19;/h2,5-6,12,14,18-19H,1,3-4,7-10H2;1H/t12?,14-;/m1./s1. The molecule has 1 aliphatic heterocycles. The second kappa shape index (κ2) is 6.19. The zero-order valence-corrected chi connectivity index (χ0v) is 13.3. The summed E-state index contributed by atoms with van der Waals surface area (Å²) in [7, 11) is 0. The maximum Gasteiger partial charge on any atom is 0.160 e. The number of halogens is 1. The summed E-state index contributed by atoms with van der Waals surface area (Å²) in [5.41, 5.74) is 2.15. The Labute approximate surface area is 130 Å². The zero-order valence-electron chi connectivity index (χ0n) is 11.6. The highest BCUT2D eigenvalue weighted by Crippen LogP contribution is 2.41. The normalized spacial score (nSPS) is 25.2. The monoisotopic (exact) mass is 339 g/mol. The number of hydrogen-bond acceptors (Lipinski definition) is 3. The smallest absolute Gasteiger partial charge is 0.160 e. The van der Waals surface area contributed by atoms with Crippen molar-refractivity contribution in [1.82, 2.24) is 4.90 Å². The summed E-state index contributed by atoms with van der Waals surface area (Å²) in [6, 6.07) is 4.12. The summed E-state index contributed by atoms with van der Waals surface area (Å²) in [5.74, 6) is 0.696. The molecule has 1 unspecified atom stereocenters. The Morgan fingerprint density at radius 2 is 2.10 bits per heavy atom. The van der Waals surface area contributed by atoms with Crippen molar-refractivity contribution in [3.63, 3.8) is 0 Å². The van der Waals surface area contributed by atoms with E-state index in [1.807, 2.05) is 12.1 Å². The average molecular weight is 340 g/mol. The van der Waals surface area contributed by atoms with E-state index in [4.69, 9.17) is 0 Å². The topological polar surface area (TPSA) is 43.7 Å². The molecule has 1 aromatic rings. The number of phenols is 2. The molecule has 3 nitrogen and oxygen atoms in total. The Morgan fingerprint density at radius 3 is 2.85 bits per heavy atom. The number of nitrogens with zero attached hydrogens (tertiary/aromatic N) is 1. The van der Waals surface area contributed by atoms with E-state index in [-0.39, 0.29) is 28.5 Å². The number of benzene rings is 1. The minimum absolute atomic E-state index is 0. The first-order valence-electron chi connectivity index (χ1n) is 7.08. The number of rotatable bonds is 2. The molecule has 1 saturated heterocycles. The summed E-state index contributed by atoms with van der Waals surface area (Å²) in [6.45, 7) is 5.94. The number of phenolic OH excluding ortho intramolecular Hbond substituents is 2. The molecular formula is C16H22BrNO2. The van der Waals surface area contributed by atoms with E-state index in [9.17, 15) is 10.2 Å². The Balaban J connectivity index is 0.00000147. The SMILES string of the molecule is Br.C=CCN1CCCC2Cc3c(ccc(O)c3O)C[C@H]21. The molecule has 0 saturated carbocycles. The highest BCUT2D eigenvalue weighted by Gasteiger charge is 2.36. The first kappa shape index (κ1) is 15.4. The van der Waals surface area contributed by atoms with Crippen molar-refractivity contribution in [3.05, 3.63) is 35.9 Å². The molecule has 2 N–H and O–H groups in total. The van der Waals surface area contributed by atoms with Gasteiger partial charge in [0.25, 0.3) is 0 Å². The molecular weight excluding hydrogens is 318 g/mol. The van der Waals surface area contributed by atoms with Crippen molar-refractivity contribution in [1.29, 1.82) is 0 Å². The Bertz CT molecular complexity index is 503. The number of hydrogen-bond donors (Lipinski definition) is 2. The van der Waals surface area contributed by atoms with Crippen LogP contribution in [0.2, 0.25) is 0 Å². The summed E-state index contributed by atoms with van der Waals surface area (Å²) in [5, 5.41) is 19.7. The minimum Gasteiger partial charge on any atom is -0.504 e. The van der Waals surface area contributed by atoms with Crippen LogP contribution in [0.4, 0.5) is 0 Å². The van der Waals surface area contributed by atoms with Crippen molar-refractivity contribution in [2.75, 3.05) is 13.1 Å². The summed E-state index contributed by atoms with van der Waals surface area (Å²) in [6.07, 6.45) is 6.26. The van der Waals surface area contributed by atoms with Gasteiger partial charge in [0.2, 0.25) is 0 Å². The fourth-order valence-corrected chi connectivity index (χ4v) is 3.71. The minimum atomic E-state index is 0. The van der Waals surface area contributed by atoms with Gasteiger partial charge in [-0.3, -0.25) is 4.90 Å². The van der Waals surface area contributed by atoms with Crippen LogP contribution in [0.1, 0.15) is 24.0 Å². The van der Waals surface area contributed by atoms with E-state index < -0.39 is 0 Å².